The van der Waals surface area contributed by atoms with Crippen LogP contribution in [0, 0.1) is 6.92 Å². The second kappa shape index (κ2) is 4.70. The zero-order chi connectivity index (χ0) is 12.4. The lowest BCUT2D eigenvalue weighted by atomic mass is 9.91. The first-order valence-electron chi connectivity index (χ1n) is 6.16. The standard InChI is InChI=1S/C14H18N2O/c1-4-10(5-2)12-8-9(3)15-14-11(12)6-7-13(17)16-14/h6-8,10H,4-5H2,1-3H3,(H,15,16,17). The Bertz CT molecular complexity index is 582. The molecule has 2 aromatic heterocycles. The molecular formula is C14H18N2O. The molecule has 17 heavy (non-hydrogen) atoms. The van der Waals surface area contributed by atoms with Gasteiger partial charge in [-0.1, -0.05) is 13.8 Å². The first-order chi connectivity index (χ1) is 8.15. The molecule has 0 saturated carbocycles. The van der Waals surface area contributed by atoms with E-state index in [1.807, 2.05) is 13.0 Å². The molecule has 0 aliphatic rings. The second-order valence-corrected chi connectivity index (χ2v) is 4.45. The van der Waals surface area contributed by atoms with Crippen LogP contribution in [0.15, 0.2) is 23.0 Å². The van der Waals surface area contributed by atoms with Crippen LogP contribution in [0.1, 0.15) is 43.9 Å². The zero-order valence-corrected chi connectivity index (χ0v) is 10.6. The van der Waals surface area contributed by atoms with Crippen LogP contribution < -0.4 is 5.56 Å². The molecule has 0 fully saturated rings. The Morgan fingerprint density at radius 1 is 1.29 bits per heavy atom. The van der Waals surface area contributed by atoms with E-state index >= 15 is 0 Å². The molecule has 0 saturated heterocycles. The van der Waals surface area contributed by atoms with Crippen LogP contribution in [-0.4, -0.2) is 9.97 Å². The molecule has 2 rings (SSSR count). The quantitative estimate of drug-likeness (QED) is 0.880. The lowest BCUT2D eigenvalue weighted by Gasteiger charge is -2.15. The van der Waals surface area contributed by atoms with Crippen LogP contribution in [0.5, 0.6) is 0 Å². The molecule has 0 aromatic carbocycles. The lowest BCUT2D eigenvalue weighted by molar-refractivity contribution is 0.645. The largest absolute Gasteiger partial charge is 0.307 e. The van der Waals surface area contributed by atoms with Gasteiger partial charge in [0.15, 0.2) is 0 Å². The monoisotopic (exact) mass is 230 g/mol. The number of fused-ring (bicyclic) bond motifs is 1. The summed E-state index contributed by atoms with van der Waals surface area (Å²) in [5, 5.41) is 1.07. The predicted molar refractivity (Wildman–Crippen MR) is 70.4 cm³/mol. The highest BCUT2D eigenvalue weighted by atomic mass is 16.1. The van der Waals surface area contributed by atoms with Crippen molar-refractivity contribution in [2.45, 2.75) is 39.5 Å². The highest BCUT2D eigenvalue weighted by molar-refractivity contribution is 5.79. The van der Waals surface area contributed by atoms with Crippen molar-refractivity contribution in [3.05, 3.63) is 39.8 Å². The summed E-state index contributed by atoms with van der Waals surface area (Å²) in [7, 11) is 0. The van der Waals surface area contributed by atoms with Crippen LogP contribution in [0.2, 0.25) is 0 Å². The van der Waals surface area contributed by atoms with Crippen molar-refractivity contribution in [1.29, 1.82) is 0 Å². The number of hydrogen-bond acceptors (Lipinski definition) is 2. The van der Waals surface area contributed by atoms with Crippen molar-refractivity contribution < 1.29 is 0 Å². The zero-order valence-electron chi connectivity index (χ0n) is 10.6. The maximum absolute atomic E-state index is 11.3. The first-order valence-corrected chi connectivity index (χ1v) is 6.16. The SMILES string of the molecule is CCC(CC)c1cc(C)nc2[nH]c(=O)ccc12. The molecule has 0 amide bonds. The third-order valence-electron chi connectivity index (χ3n) is 3.29. The van der Waals surface area contributed by atoms with Crippen LogP contribution in [-0.2, 0) is 0 Å². The van der Waals surface area contributed by atoms with Crippen LogP contribution >= 0.6 is 0 Å². The normalized spacial score (nSPS) is 11.3. The van der Waals surface area contributed by atoms with E-state index in [0.717, 1.165) is 23.9 Å². The maximum atomic E-state index is 11.3. The fourth-order valence-corrected chi connectivity index (χ4v) is 2.36. The minimum absolute atomic E-state index is 0.0916. The van der Waals surface area contributed by atoms with E-state index in [1.54, 1.807) is 6.07 Å². The Hall–Kier alpha value is -1.64. The number of hydrogen-bond donors (Lipinski definition) is 1. The van der Waals surface area contributed by atoms with Gasteiger partial charge in [0.25, 0.3) is 0 Å². The summed E-state index contributed by atoms with van der Waals surface area (Å²) in [5.41, 5.74) is 2.88. The number of aromatic nitrogens is 2. The Morgan fingerprint density at radius 2 is 2.00 bits per heavy atom. The molecule has 90 valence electrons. The molecule has 0 radical (unpaired) electrons. The molecule has 0 aliphatic carbocycles. The molecule has 0 unspecified atom stereocenters. The fourth-order valence-electron chi connectivity index (χ4n) is 2.36. The van der Waals surface area contributed by atoms with E-state index in [-0.39, 0.29) is 5.56 Å². The van der Waals surface area contributed by atoms with Gasteiger partial charge in [-0.2, -0.15) is 0 Å². The summed E-state index contributed by atoms with van der Waals surface area (Å²) in [6.07, 6.45) is 2.21. The highest BCUT2D eigenvalue weighted by Gasteiger charge is 2.12. The van der Waals surface area contributed by atoms with Gasteiger partial charge >= 0.3 is 0 Å². The number of rotatable bonds is 3. The second-order valence-electron chi connectivity index (χ2n) is 4.45. The number of nitrogens with zero attached hydrogens (tertiary/aromatic N) is 1. The van der Waals surface area contributed by atoms with Crippen molar-refractivity contribution in [2.75, 3.05) is 0 Å². The predicted octanol–water partition coefficient (Wildman–Crippen LogP) is 3.14. The van der Waals surface area contributed by atoms with Gasteiger partial charge < -0.3 is 4.98 Å². The lowest BCUT2D eigenvalue weighted by Crippen LogP contribution is -2.07. The Kier molecular flexibility index (Phi) is 3.27. The molecule has 0 atom stereocenters. The first kappa shape index (κ1) is 11.8. The van der Waals surface area contributed by atoms with Crippen LogP contribution in [0.4, 0.5) is 0 Å². The fraction of sp³-hybridized carbons (Fsp3) is 0.429. The maximum Gasteiger partial charge on any atom is 0.249 e. The van der Waals surface area contributed by atoms with Crippen molar-refractivity contribution in [3.63, 3.8) is 0 Å². The van der Waals surface area contributed by atoms with Crippen molar-refractivity contribution in [1.82, 2.24) is 9.97 Å². The smallest absolute Gasteiger partial charge is 0.249 e. The summed E-state index contributed by atoms with van der Waals surface area (Å²) in [6, 6.07) is 5.60. The van der Waals surface area contributed by atoms with E-state index in [1.165, 1.54) is 5.56 Å². The van der Waals surface area contributed by atoms with E-state index in [9.17, 15) is 4.79 Å². The third kappa shape index (κ3) is 2.23. The summed E-state index contributed by atoms with van der Waals surface area (Å²) < 4.78 is 0. The molecule has 2 aromatic rings. The van der Waals surface area contributed by atoms with Gasteiger partial charge in [0, 0.05) is 17.1 Å². The summed E-state index contributed by atoms with van der Waals surface area (Å²) >= 11 is 0. The number of pyridine rings is 2. The van der Waals surface area contributed by atoms with E-state index in [4.69, 9.17) is 0 Å². The van der Waals surface area contributed by atoms with Gasteiger partial charge in [-0.3, -0.25) is 4.79 Å². The average Bonchev–Trinajstić information content (AvgIpc) is 2.29. The van der Waals surface area contributed by atoms with Gasteiger partial charge in [0.05, 0.1) is 0 Å². The number of aryl methyl sites for hydroxylation is 1. The van der Waals surface area contributed by atoms with Gasteiger partial charge in [-0.15, -0.1) is 0 Å². The minimum Gasteiger partial charge on any atom is -0.307 e. The van der Waals surface area contributed by atoms with Gasteiger partial charge in [0.2, 0.25) is 5.56 Å². The molecule has 2 heterocycles. The van der Waals surface area contributed by atoms with Crippen LogP contribution in [0.3, 0.4) is 0 Å². The Balaban J connectivity index is 2.73. The van der Waals surface area contributed by atoms with Crippen molar-refractivity contribution >= 4 is 11.0 Å². The van der Waals surface area contributed by atoms with E-state index in [0.29, 0.717) is 11.6 Å². The molecule has 0 bridgehead atoms. The molecule has 0 aliphatic heterocycles. The topological polar surface area (TPSA) is 45.8 Å². The molecule has 3 heteroatoms. The summed E-state index contributed by atoms with van der Waals surface area (Å²) in [6.45, 7) is 6.36. The third-order valence-corrected chi connectivity index (χ3v) is 3.29. The highest BCUT2D eigenvalue weighted by Crippen LogP contribution is 2.28. The summed E-state index contributed by atoms with van der Waals surface area (Å²) in [4.78, 5) is 18.5. The van der Waals surface area contributed by atoms with Crippen molar-refractivity contribution in [2.24, 2.45) is 0 Å². The van der Waals surface area contributed by atoms with Gasteiger partial charge in [0.1, 0.15) is 5.65 Å². The van der Waals surface area contributed by atoms with Gasteiger partial charge in [-0.05, 0) is 43.4 Å². The van der Waals surface area contributed by atoms with Crippen LogP contribution in [0.25, 0.3) is 11.0 Å². The van der Waals surface area contributed by atoms with Crippen molar-refractivity contribution in [3.8, 4) is 0 Å². The number of nitrogens with one attached hydrogen (secondary N) is 1. The number of aromatic amines is 1. The molecule has 0 spiro atoms. The molecule has 3 nitrogen and oxygen atoms in total. The van der Waals surface area contributed by atoms with E-state index < -0.39 is 0 Å². The summed E-state index contributed by atoms with van der Waals surface area (Å²) in [5.74, 6) is 0.533. The average molecular weight is 230 g/mol. The molecule has 1 N–H and O–H groups in total. The Morgan fingerprint density at radius 3 is 2.65 bits per heavy atom. The van der Waals surface area contributed by atoms with E-state index in [2.05, 4.69) is 29.9 Å². The minimum atomic E-state index is -0.0916. The Labute approximate surface area is 101 Å². The molecular weight excluding hydrogens is 212 g/mol. The van der Waals surface area contributed by atoms with Gasteiger partial charge in [-0.25, -0.2) is 4.98 Å². The number of H-pyrrole nitrogens is 1.